The van der Waals surface area contributed by atoms with Crippen molar-refractivity contribution >= 4 is 28.4 Å². The van der Waals surface area contributed by atoms with Gasteiger partial charge < -0.3 is 15.1 Å². The minimum atomic E-state index is -0.741. The van der Waals surface area contributed by atoms with Crippen molar-refractivity contribution < 1.29 is 13.6 Å². The molecule has 2 aliphatic rings. The lowest BCUT2D eigenvalue weighted by atomic mass is 10.00. The van der Waals surface area contributed by atoms with E-state index in [9.17, 15) is 9.59 Å². The number of benzene rings is 1. The van der Waals surface area contributed by atoms with Crippen molar-refractivity contribution in [1.29, 1.82) is 0 Å². The van der Waals surface area contributed by atoms with E-state index in [0.717, 1.165) is 5.56 Å². The van der Waals surface area contributed by atoms with Crippen LogP contribution >= 0.6 is 0 Å². The minimum absolute atomic E-state index is 0.000229. The summed E-state index contributed by atoms with van der Waals surface area (Å²) < 4.78 is 32.9. The minimum Gasteiger partial charge on any atom is -0.384 e. The molecular formula is C32H33F2N7O2. The van der Waals surface area contributed by atoms with Gasteiger partial charge in [-0.25, -0.2) is 23.1 Å². The quantitative estimate of drug-likeness (QED) is 0.344. The monoisotopic (exact) mass is 585 g/mol. The number of carbonyl (C=O) groups is 1. The molecule has 4 aromatic rings. The average molecular weight is 586 g/mol. The Balaban J connectivity index is 1.68. The van der Waals surface area contributed by atoms with Gasteiger partial charge in [0.15, 0.2) is 11.5 Å². The van der Waals surface area contributed by atoms with E-state index < -0.39 is 17.3 Å². The van der Waals surface area contributed by atoms with Gasteiger partial charge in [0.05, 0.1) is 22.3 Å². The fraction of sp³-hybridized carbons (Fsp3) is 0.344. The Morgan fingerprint density at radius 2 is 1.98 bits per heavy atom. The van der Waals surface area contributed by atoms with E-state index in [0.29, 0.717) is 61.5 Å². The molecule has 1 saturated heterocycles. The maximum absolute atomic E-state index is 16.1. The zero-order valence-corrected chi connectivity index (χ0v) is 24.4. The van der Waals surface area contributed by atoms with Crippen molar-refractivity contribution in [3.8, 4) is 16.9 Å². The normalized spacial score (nSPS) is 16.7. The van der Waals surface area contributed by atoms with Crippen LogP contribution in [0.15, 0.2) is 54.0 Å². The second-order valence-corrected chi connectivity index (χ2v) is 11.3. The summed E-state index contributed by atoms with van der Waals surface area (Å²) in [5, 5.41) is 3.57. The summed E-state index contributed by atoms with van der Waals surface area (Å²) in [6, 6.07) is 7.47. The third-order valence-electron chi connectivity index (χ3n) is 8.18. The highest BCUT2D eigenvalue weighted by Gasteiger charge is 2.31. The molecule has 0 spiro atoms. The molecule has 222 valence electrons. The van der Waals surface area contributed by atoms with E-state index in [2.05, 4.69) is 21.9 Å². The molecule has 1 fully saturated rings. The molecule has 2 bridgehead atoms. The zero-order valence-electron chi connectivity index (χ0n) is 24.4. The predicted molar refractivity (Wildman–Crippen MR) is 163 cm³/mol. The van der Waals surface area contributed by atoms with Gasteiger partial charge in [0.1, 0.15) is 17.3 Å². The van der Waals surface area contributed by atoms with Crippen molar-refractivity contribution in [1.82, 2.24) is 24.4 Å². The van der Waals surface area contributed by atoms with Crippen LogP contribution in [0.5, 0.6) is 0 Å². The first-order valence-corrected chi connectivity index (χ1v) is 14.5. The first-order valence-electron chi connectivity index (χ1n) is 14.5. The number of hydrogen-bond acceptors (Lipinski definition) is 7. The topological polar surface area (TPSA) is 96.3 Å². The summed E-state index contributed by atoms with van der Waals surface area (Å²) in [4.78, 5) is 43.9. The van der Waals surface area contributed by atoms with Crippen LogP contribution in [0.4, 0.5) is 20.3 Å². The van der Waals surface area contributed by atoms with Crippen LogP contribution in [0.25, 0.3) is 28.0 Å². The van der Waals surface area contributed by atoms with Gasteiger partial charge in [-0.15, -0.1) is 0 Å². The molecule has 0 radical (unpaired) electrons. The Bertz CT molecular complexity index is 1820. The SMILES string of the molecule is C=CC(=O)N1CCN(c2nc(=O)n3c4nc(c(F)cc24)-c2c(F)cccc2NCCCc2ccnc(C(C)C)c2-3)[C@@H](C)C1. The van der Waals surface area contributed by atoms with Gasteiger partial charge in [-0.3, -0.25) is 9.78 Å². The van der Waals surface area contributed by atoms with Gasteiger partial charge in [0.2, 0.25) is 5.91 Å². The van der Waals surface area contributed by atoms with Gasteiger partial charge >= 0.3 is 5.69 Å². The average Bonchev–Trinajstić information content (AvgIpc) is 2.98. The van der Waals surface area contributed by atoms with E-state index in [1.165, 1.54) is 22.8 Å². The molecule has 1 aromatic carbocycles. The van der Waals surface area contributed by atoms with E-state index in [-0.39, 0.29) is 40.6 Å². The summed E-state index contributed by atoms with van der Waals surface area (Å²) in [5.41, 5.74) is 1.92. The second-order valence-electron chi connectivity index (χ2n) is 11.3. The number of anilines is 2. The molecule has 6 rings (SSSR count). The van der Waals surface area contributed by atoms with Gasteiger partial charge in [0.25, 0.3) is 0 Å². The third kappa shape index (κ3) is 4.92. The van der Waals surface area contributed by atoms with Crippen molar-refractivity contribution in [2.75, 3.05) is 36.4 Å². The highest BCUT2D eigenvalue weighted by atomic mass is 19.1. The van der Waals surface area contributed by atoms with Crippen molar-refractivity contribution in [2.24, 2.45) is 0 Å². The van der Waals surface area contributed by atoms with Gasteiger partial charge in [-0.1, -0.05) is 26.5 Å². The molecule has 1 N–H and O–H groups in total. The number of aromatic nitrogens is 4. The number of pyridine rings is 2. The Morgan fingerprint density at radius 1 is 1.16 bits per heavy atom. The molecule has 0 unspecified atom stereocenters. The number of aryl methyl sites for hydroxylation is 1. The number of piperazine rings is 1. The van der Waals surface area contributed by atoms with E-state index >= 15 is 8.78 Å². The summed E-state index contributed by atoms with van der Waals surface area (Å²) >= 11 is 0. The summed E-state index contributed by atoms with van der Waals surface area (Å²) in [5.74, 6) is -1.33. The lowest BCUT2D eigenvalue weighted by molar-refractivity contribution is -0.126. The smallest absolute Gasteiger partial charge is 0.355 e. The molecule has 1 atom stereocenters. The Labute approximate surface area is 247 Å². The summed E-state index contributed by atoms with van der Waals surface area (Å²) in [6.45, 7) is 11.1. The molecule has 5 heterocycles. The molecule has 11 heteroatoms. The predicted octanol–water partition coefficient (Wildman–Crippen LogP) is 4.83. The molecule has 0 saturated carbocycles. The number of carbonyl (C=O) groups excluding carboxylic acids is 1. The zero-order chi connectivity index (χ0) is 30.4. The largest absolute Gasteiger partial charge is 0.384 e. The van der Waals surface area contributed by atoms with Gasteiger partial charge in [-0.05, 0) is 61.6 Å². The van der Waals surface area contributed by atoms with E-state index in [4.69, 9.17) is 4.98 Å². The highest BCUT2D eigenvalue weighted by molar-refractivity contribution is 5.92. The number of fused-ring (bicyclic) bond motifs is 5. The molecule has 3 aromatic heterocycles. The molecule has 2 aliphatic heterocycles. The summed E-state index contributed by atoms with van der Waals surface area (Å²) in [7, 11) is 0. The number of rotatable bonds is 3. The van der Waals surface area contributed by atoms with Crippen LogP contribution in [0.1, 0.15) is 44.4 Å². The highest BCUT2D eigenvalue weighted by Crippen LogP contribution is 2.37. The van der Waals surface area contributed by atoms with Gasteiger partial charge in [0, 0.05) is 44.1 Å². The molecule has 9 nitrogen and oxygen atoms in total. The maximum Gasteiger partial charge on any atom is 0.355 e. The van der Waals surface area contributed by atoms with Crippen LogP contribution in [0.2, 0.25) is 0 Å². The molecule has 43 heavy (non-hydrogen) atoms. The number of amides is 1. The van der Waals surface area contributed by atoms with Crippen LogP contribution in [0, 0.1) is 11.6 Å². The fourth-order valence-corrected chi connectivity index (χ4v) is 6.11. The number of halogens is 2. The van der Waals surface area contributed by atoms with Crippen LogP contribution in [0.3, 0.4) is 0 Å². The third-order valence-corrected chi connectivity index (χ3v) is 8.18. The molecule has 0 aliphatic carbocycles. The van der Waals surface area contributed by atoms with Crippen LogP contribution in [-0.4, -0.2) is 62.5 Å². The fourth-order valence-electron chi connectivity index (χ4n) is 6.11. The number of hydrogen-bond donors (Lipinski definition) is 1. The Hall–Kier alpha value is -4.67. The molecular weight excluding hydrogens is 552 g/mol. The van der Waals surface area contributed by atoms with Crippen molar-refractivity contribution in [3.63, 3.8) is 0 Å². The van der Waals surface area contributed by atoms with E-state index in [1.807, 2.05) is 31.7 Å². The van der Waals surface area contributed by atoms with E-state index in [1.54, 1.807) is 23.2 Å². The lowest BCUT2D eigenvalue weighted by Crippen LogP contribution is -2.54. The summed E-state index contributed by atoms with van der Waals surface area (Å²) in [6.07, 6.45) is 4.28. The maximum atomic E-state index is 16.1. The Morgan fingerprint density at radius 3 is 2.72 bits per heavy atom. The Kier molecular flexibility index (Phi) is 7.41. The first kappa shape index (κ1) is 28.4. The van der Waals surface area contributed by atoms with Crippen molar-refractivity contribution in [2.45, 2.75) is 45.6 Å². The van der Waals surface area contributed by atoms with Crippen LogP contribution < -0.4 is 15.9 Å². The number of nitrogens with one attached hydrogen (secondary N) is 1. The number of nitrogens with zero attached hydrogens (tertiary/aromatic N) is 6. The van der Waals surface area contributed by atoms with Crippen molar-refractivity contribution in [3.05, 3.63) is 82.6 Å². The standard InChI is InChI=1S/C32H33F2N7O2/c1-5-25(42)39-14-15-40(19(4)17-39)30-21-16-23(34)28-26-22(33)9-6-10-24(26)35-12-7-8-20-11-13-36-27(18(2)3)29(20)41(31(21)37-28)32(43)38-30/h5-6,9-11,13,16,18-19,35H,1,7-8,12,14-15,17H2,2-4H3/t19-/m0/s1. The molecule has 1 amide bonds. The second kappa shape index (κ2) is 11.2. The lowest BCUT2D eigenvalue weighted by Gasteiger charge is -2.40. The van der Waals surface area contributed by atoms with Gasteiger partial charge in [-0.2, -0.15) is 4.98 Å². The first-order chi connectivity index (χ1) is 20.7. The van der Waals surface area contributed by atoms with Crippen LogP contribution in [-0.2, 0) is 11.2 Å².